The lowest BCUT2D eigenvalue weighted by Crippen LogP contribution is -2.32. The largest absolute Gasteiger partial charge is 0.363 e. The molecule has 1 fully saturated rings. The fourth-order valence-corrected chi connectivity index (χ4v) is 0.983. The molecule has 0 spiro atoms. The van der Waals surface area contributed by atoms with Crippen LogP contribution in [0.3, 0.4) is 0 Å². The van der Waals surface area contributed by atoms with Gasteiger partial charge in [-0.15, -0.1) is 0 Å². The molecule has 54 valence electrons. The average molecular weight is 130 g/mol. The second-order valence-electron chi connectivity index (χ2n) is 2.24. The predicted octanol–water partition coefficient (Wildman–Crippen LogP) is -0.329. The number of hydrogen-bond donors (Lipinski definition) is 2. The van der Waals surface area contributed by atoms with E-state index in [-0.39, 0.29) is 6.23 Å². The summed E-state index contributed by atoms with van der Waals surface area (Å²) in [5.74, 6) is 0. The summed E-state index contributed by atoms with van der Waals surface area (Å²) in [4.78, 5) is 0. The van der Waals surface area contributed by atoms with Gasteiger partial charge in [0.1, 0.15) is 6.23 Å². The zero-order chi connectivity index (χ0) is 6.53. The SMILES string of the molecule is NCCNC1CCCO1. The van der Waals surface area contributed by atoms with Crippen LogP contribution in [-0.4, -0.2) is 25.9 Å². The van der Waals surface area contributed by atoms with Crippen LogP contribution in [0.2, 0.25) is 0 Å². The molecule has 1 aliphatic rings. The Balaban J connectivity index is 1.98. The fraction of sp³-hybridized carbons (Fsp3) is 1.00. The van der Waals surface area contributed by atoms with Crippen molar-refractivity contribution in [3.63, 3.8) is 0 Å². The van der Waals surface area contributed by atoms with E-state index in [0.717, 1.165) is 19.6 Å². The molecule has 0 bridgehead atoms. The minimum absolute atomic E-state index is 0.286. The molecule has 0 amide bonds. The van der Waals surface area contributed by atoms with Crippen molar-refractivity contribution >= 4 is 0 Å². The minimum Gasteiger partial charge on any atom is -0.363 e. The highest BCUT2D eigenvalue weighted by atomic mass is 16.5. The molecule has 1 saturated heterocycles. The van der Waals surface area contributed by atoms with Crippen molar-refractivity contribution in [2.45, 2.75) is 19.1 Å². The lowest BCUT2D eigenvalue weighted by Gasteiger charge is -2.09. The Kier molecular flexibility index (Phi) is 2.97. The maximum atomic E-state index is 5.29. The van der Waals surface area contributed by atoms with E-state index in [1.807, 2.05) is 0 Å². The predicted molar refractivity (Wildman–Crippen MR) is 36.0 cm³/mol. The molecule has 1 heterocycles. The molecule has 0 aromatic carbocycles. The van der Waals surface area contributed by atoms with E-state index >= 15 is 0 Å². The average Bonchev–Trinajstić information content (AvgIpc) is 2.34. The van der Waals surface area contributed by atoms with E-state index in [4.69, 9.17) is 10.5 Å². The van der Waals surface area contributed by atoms with Gasteiger partial charge in [0.25, 0.3) is 0 Å². The van der Waals surface area contributed by atoms with Gasteiger partial charge in [0.05, 0.1) is 0 Å². The summed E-state index contributed by atoms with van der Waals surface area (Å²) in [5, 5.41) is 3.18. The zero-order valence-corrected chi connectivity index (χ0v) is 5.60. The van der Waals surface area contributed by atoms with Crippen LogP contribution in [0.25, 0.3) is 0 Å². The molecule has 3 nitrogen and oxygen atoms in total. The van der Waals surface area contributed by atoms with Crippen LogP contribution >= 0.6 is 0 Å². The highest BCUT2D eigenvalue weighted by Gasteiger charge is 2.12. The van der Waals surface area contributed by atoms with Crippen LogP contribution in [-0.2, 0) is 4.74 Å². The van der Waals surface area contributed by atoms with Crippen LogP contribution < -0.4 is 11.1 Å². The third-order valence-electron chi connectivity index (χ3n) is 1.45. The Hall–Kier alpha value is -0.120. The van der Waals surface area contributed by atoms with Crippen molar-refractivity contribution in [1.29, 1.82) is 0 Å². The topological polar surface area (TPSA) is 47.3 Å². The van der Waals surface area contributed by atoms with Crippen molar-refractivity contribution < 1.29 is 4.74 Å². The maximum Gasteiger partial charge on any atom is 0.108 e. The van der Waals surface area contributed by atoms with Crippen molar-refractivity contribution in [2.75, 3.05) is 19.7 Å². The van der Waals surface area contributed by atoms with Crippen molar-refractivity contribution in [2.24, 2.45) is 5.73 Å². The molecule has 1 unspecified atom stereocenters. The van der Waals surface area contributed by atoms with Crippen LogP contribution in [0.5, 0.6) is 0 Å². The number of nitrogens with two attached hydrogens (primary N) is 1. The molecule has 1 aliphatic heterocycles. The lowest BCUT2D eigenvalue weighted by atomic mass is 10.3. The Bertz CT molecular complexity index is 71.5. The van der Waals surface area contributed by atoms with E-state index in [1.54, 1.807) is 0 Å². The molecular formula is C6H14N2O. The monoisotopic (exact) mass is 130 g/mol. The van der Waals surface area contributed by atoms with Crippen LogP contribution in [0, 0.1) is 0 Å². The quantitative estimate of drug-likeness (QED) is 0.550. The molecule has 1 rings (SSSR count). The molecule has 0 aromatic rings. The first-order valence-electron chi connectivity index (χ1n) is 3.48. The fourth-order valence-electron chi connectivity index (χ4n) is 0.983. The van der Waals surface area contributed by atoms with Gasteiger partial charge in [-0.2, -0.15) is 0 Å². The summed E-state index contributed by atoms with van der Waals surface area (Å²) >= 11 is 0. The van der Waals surface area contributed by atoms with Crippen LogP contribution in [0.1, 0.15) is 12.8 Å². The molecule has 0 aliphatic carbocycles. The third kappa shape index (κ3) is 2.30. The van der Waals surface area contributed by atoms with Gasteiger partial charge in [-0.3, -0.25) is 5.32 Å². The minimum atomic E-state index is 0.286. The summed E-state index contributed by atoms with van der Waals surface area (Å²) < 4.78 is 5.29. The summed E-state index contributed by atoms with van der Waals surface area (Å²) in [6, 6.07) is 0. The van der Waals surface area contributed by atoms with Crippen molar-refractivity contribution in [1.82, 2.24) is 5.32 Å². The van der Waals surface area contributed by atoms with Gasteiger partial charge in [0.2, 0.25) is 0 Å². The highest BCUT2D eigenvalue weighted by molar-refractivity contribution is 4.61. The molecule has 3 heteroatoms. The first-order chi connectivity index (χ1) is 4.43. The van der Waals surface area contributed by atoms with Gasteiger partial charge in [-0.25, -0.2) is 0 Å². The number of nitrogens with one attached hydrogen (secondary N) is 1. The van der Waals surface area contributed by atoms with Gasteiger partial charge in [0.15, 0.2) is 0 Å². The molecular weight excluding hydrogens is 116 g/mol. The molecule has 3 N–H and O–H groups in total. The first-order valence-corrected chi connectivity index (χ1v) is 3.48. The van der Waals surface area contributed by atoms with Crippen LogP contribution in [0.15, 0.2) is 0 Å². The Morgan fingerprint density at radius 2 is 2.56 bits per heavy atom. The second-order valence-corrected chi connectivity index (χ2v) is 2.24. The van der Waals surface area contributed by atoms with Crippen molar-refractivity contribution in [3.8, 4) is 0 Å². The van der Waals surface area contributed by atoms with E-state index in [9.17, 15) is 0 Å². The normalized spacial score (nSPS) is 27.0. The van der Waals surface area contributed by atoms with E-state index < -0.39 is 0 Å². The van der Waals surface area contributed by atoms with Gasteiger partial charge >= 0.3 is 0 Å². The van der Waals surface area contributed by atoms with Gasteiger partial charge < -0.3 is 10.5 Å². The first kappa shape index (κ1) is 6.99. The molecule has 9 heavy (non-hydrogen) atoms. The summed E-state index contributed by atoms with van der Waals surface area (Å²) in [7, 11) is 0. The number of ether oxygens (including phenoxy) is 1. The summed E-state index contributed by atoms with van der Waals surface area (Å²) in [5.41, 5.74) is 5.29. The van der Waals surface area contributed by atoms with E-state index in [2.05, 4.69) is 5.32 Å². The summed E-state index contributed by atoms with van der Waals surface area (Å²) in [6.45, 7) is 2.47. The lowest BCUT2D eigenvalue weighted by molar-refractivity contribution is 0.0853. The van der Waals surface area contributed by atoms with Gasteiger partial charge in [-0.1, -0.05) is 0 Å². The zero-order valence-electron chi connectivity index (χ0n) is 5.60. The molecule has 0 radical (unpaired) electrons. The van der Waals surface area contributed by atoms with Gasteiger partial charge in [0, 0.05) is 19.7 Å². The molecule has 0 saturated carbocycles. The van der Waals surface area contributed by atoms with E-state index in [1.165, 1.54) is 6.42 Å². The highest BCUT2D eigenvalue weighted by Crippen LogP contribution is 2.07. The Labute approximate surface area is 55.6 Å². The smallest absolute Gasteiger partial charge is 0.108 e. The molecule has 0 aromatic heterocycles. The standard InChI is InChI=1S/C6H14N2O/c7-3-4-8-6-2-1-5-9-6/h6,8H,1-5,7H2. The van der Waals surface area contributed by atoms with Crippen molar-refractivity contribution in [3.05, 3.63) is 0 Å². The van der Waals surface area contributed by atoms with Crippen LogP contribution in [0.4, 0.5) is 0 Å². The van der Waals surface area contributed by atoms with Gasteiger partial charge in [-0.05, 0) is 12.8 Å². The number of rotatable bonds is 3. The maximum absolute atomic E-state index is 5.29. The number of hydrogen-bond acceptors (Lipinski definition) is 3. The molecule has 1 atom stereocenters. The summed E-state index contributed by atoms with van der Waals surface area (Å²) in [6.07, 6.45) is 2.61. The van der Waals surface area contributed by atoms with E-state index in [0.29, 0.717) is 6.54 Å². The second kappa shape index (κ2) is 3.82. The Morgan fingerprint density at radius 1 is 1.67 bits per heavy atom. The third-order valence-corrected chi connectivity index (χ3v) is 1.45. The Morgan fingerprint density at radius 3 is 3.11 bits per heavy atom.